The van der Waals surface area contributed by atoms with Gasteiger partial charge < -0.3 is 5.11 Å². The van der Waals surface area contributed by atoms with Crippen LogP contribution >= 0.6 is 0 Å². The highest BCUT2D eigenvalue weighted by Gasteiger charge is 2.28. The Hall–Kier alpha value is -1.68. The van der Waals surface area contributed by atoms with Crippen LogP contribution in [-0.4, -0.2) is 23.9 Å². The second kappa shape index (κ2) is 13.6. The number of nitrogens with one attached hydrogen (secondary N) is 1. The van der Waals surface area contributed by atoms with E-state index < -0.39 is 0 Å². The van der Waals surface area contributed by atoms with Crippen molar-refractivity contribution in [3.8, 4) is 0 Å². The van der Waals surface area contributed by atoms with Gasteiger partial charge in [-0.05, 0) is 31.8 Å². The van der Waals surface area contributed by atoms with Crippen molar-refractivity contribution < 1.29 is 9.94 Å². The molecule has 25 heavy (non-hydrogen) atoms. The molecule has 3 nitrogen and oxygen atoms in total. The molecule has 0 radical (unpaired) electrons. The van der Waals surface area contributed by atoms with Gasteiger partial charge in [0.05, 0.1) is 18.8 Å². The van der Waals surface area contributed by atoms with Gasteiger partial charge in [-0.25, -0.2) is 0 Å². The Kier molecular flexibility index (Phi) is 11.6. The summed E-state index contributed by atoms with van der Waals surface area (Å²) in [5.41, 5.74) is 4.17. The van der Waals surface area contributed by atoms with E-state index in [4.69, 9.17) is 4.84 Å². The molecular formula is C22H33NO2. The van der Waals surface area contributed by atoms with Crippen molar-refractivity contribution in [2.24, 2.45) is 5.92 Å². The van der Waals surface area contributed by atoms with Gasteiger partial charge in [-0.3, -0.25) is 4.84 Å². The molecule has 0 saturated heterocycles. The Bertz CT molecular complexity index is 502. The van der Waals surface area contributed by atoms with Gasteiger partial charge >= 0.3 is 0 Å². The van der Waals surface area contributed by atoms with Crippen LogP contribution in [0.5, 0.6) is 0 Å². The predicted molar refractivity (Wildman–Crippen MR) is 107 cm³/mol. The molecule has 0 aliphatic heterocycles. The van der Waals surface area contributed by atoms with Crippen LogP contribution < -0.4 is 5.48 Å². The highest BCUT2D eigenvalue weighted by atomic mass is 16.7. The van der Waals surface area contributed by atoms with Crippen LogP contribution in [0.3, 0.4) is 0 Å². The van der Waals surface area contributed by atoms with E-state index in [1.54, 1.807) is 6.08 Å². The minimum Gasteiger partial charge on any atom is -0.395 e. The summed E-state index contributed by atoms with van der Waals surface area (Å²) in [6.45, 7) is 9.88. The highest BCUT2D eigenvalue weighted by molar-refractivity contribution is 5.23. The molecule has 138 valence electrons. The maximum atomic E-state index is 9.53. The van der Waals surface area contributed by atoms with E-state index >= 15 is 0 Å². The van der Waals surface area contributed by atoms with Crippen LogP contribution in [0.2, 0.25) is 0 Å². The Morgan fingerprint density at radius 2 is 2.00 bits per heavy atom. The van der Waals surface area contributed by atoms with Gasteiger partial charge in [-0.1, -0.05) is 80.7 Å². The number of hydrogen-bond donors (Lipinski definition) is 2. The monoisotopic (exact) mass is 343 g/mol. The zero-order chi connectivity index (χ0) is 18.3. The molecule has 1 fully saturated rings. The lowest BCUT2D eigenvalue weighted by Crippen LogP contribution is -2.39. The van der Waals surface area contributed by atoms with Crippen molar-refractivity contribution in [1.29, 1.82) is 0 Å². The third-order valence-corrected chi connectivity index (χ3v) is 4.31. The molecule has 2 N–H and O–H groups in total. The third-order valence-electron chi connectivity index (χ3n) is 4.31. The normalized spacial score (nSPS) is 23.1. The Morgan fingerprint density at radius 3 is 2.72 bits per heavy atom. The SMILES string of the molecule is C=C/C=C\C=C/CC(CO)NOC1CCCCC1C(=C)/C=C\C=C/C. The maximum Gasteiger partial charge on any atom is 0.0858 e. The third kappa shape index (κ3) is 8.82. The zero-order valence-corrected chi connectivity index (χ0v) is 15.4. The molecule has 0 amide bonds. The minimum atomic E-state index is -0.109. The largest absolute Gasteiger partial charge is 0.395 e. The highest BCUT2D eigenvalue weighted by Crippen LogP contribution is 2.31. The molecule has 0 bridgehead atoms. The lowest BCUT2D eigenvalue weighted by molar-refractivity contribution is -0.0831. The number of aliphatic hydroxyl groups is 1. The molecule has 3 unspecified atom stereocenters. The van der Waals surface area contributed by atoms with E-state index in [0.29, 0.717) is 12.3 Å². The van der Waals surface area contributed by atoms with E-state index in [9.17, 15) is 5.11 Å². The van der Waals surface area contributed by atoms with Gasteiger partial charge in [0.1, 0.15) is 0 Å². The summed E-state index contributed by atoms with van der Waals surface area (Å²) in [5.74, 6) is 0.327. The van der Waals surface area contributed by atoms with E-state index in [-0.39, 0.29) is 18.8 Å². The van der Waals surface area contributed by atoms with Crippen molar-refractivity contribution in [3.05, 3.63) is 73.4 Å². The summed E-state index contributed by atoms with van der Waals surface area (Å²) >= 11 is 0. The van der Waals surface area contributed by atoms with Crippen LogP contribution in [-0.2, 0) is 4.84 Å². The molecule has 1 saturated carbocycles. The first-order chi connectivity index (χ1) is 12.2. The van der Waals surface area contributed by atoms with Crippen LogP contribution in [0.25, 0.3) is 0 Å². The van der Waals surface area contributed by atoms with E-state index in [0.717, 1.165) is 18.4 Å². The fraction of sp³-hybridized carbons (Fsp3) is 0.455. The van der Waals surface area contributed by atoms with Crippen LogP contribution in [0.4, 0.5) is 0 Å². The molecule has 1 aliphatic rings. The van der Waals surface area contributed by atoms with Crippen molar-refractivity contribution in [1.82, 2.24) is 5.48 Å². The summed E-state index contributed by atoms with van der Waals surface area (Å²) in [6.07, 6.45) is 22.9. The van der Waals surface area contributed by atoms with Gasteiger partial charge in [0.2, 0.25) is 0 Å². The lowest BCUT2D eigenvalue weighted by atomic mass is 9.82. The van der Waals surface area contributed by atoms with Gasteiger partial charge in [-0.15, -0.1) is 0 Å². The summed E-state index contributed by atoms with van der Waals surface area (Å²) in [5, 5.41) is 9.53. The summed E-state index contributed by atoms with van der Waals surface area (Å²) in [6, 6.07) is -0.109. The average Bonchev–Trinajstić information content (AvgIpc) is 2.64. The Morgan fingerprint density at radius 1 is 1.20 bits per heavy atom. The van der Waals surface area contributed by atoms with E-state index in [2.05, 4.69) is 24.7 Å². The minimum absolute atomic E-state index is 0.0367. The topological polar surface area (TPSA) is 41.5 Å². The second-order valence-electron chi connectivity index (χ2n) is 6.29. The first-order valence-corrected chi connectivity index (χ1v) is 9.17. The lowest BCUT2D eigenvalue weighted by Gasteiger charge is -2.32. The van der Waals surface area contributed by atoms with E-state index in [1.165, 1.54) is 12.8 Å². The molecule has 3 heteroatoms. The van der Waals surface area contributed by atoms with Crippen LogP contribution in [0.1, 0.15) is 39.0 Å². The molecule has 1 rings (SSSR count). The molecule has 0 aromatic rings. The number of allylic oxidation sites excluding steroid dienone is 8. The van der Waals surface area contributed by atoms with Gasteiger partial charge in [0.15, 0.2) is 0 Å². The summed E-state index contributed by atoms with van der Waals surface area (Å²) in [4.78, 5) is 5.96. The van der Waals surface area contributed by atoms with Crippen molar-refractivity contribution >= 4 is 0 Å². The van der Waals surface area contributed by atoms with Crippen LogP contribution in [0, 0.1) is 5.92 Å². The standard InChI is InChI=1S/C22H33NO2/c1-4-6-8-9-11-15-20(18-24)23-25-22-17-13-12-16-21(22)19(3)14-10-7-5-2/h4-11,14,20-24H,1,3,12-13,15-18H2,2H3/b7-5-,8-6-,11-9-,14-10-. The van der Waals surface area contributed by atoms with Gasteiger partial charge in [0.25, 0.3) is 0 Å². The molecule has 3 atom stereocenters. The molecule has 0 aromatic heterocycles. The first-order valence-electron chi connectivity index (χ1n) is 9.17. The van der Waals surface area contributed by atoms with Crippen molar-refractivity contribution in [2.45, 2.75) is 51.2 Å². The molecule has 1 aliphatic carbocycles. The van der Waals surface area contributed by atoms with Crippen LogP contribution in [0.15, 0.2) is 73.4 Å². The van der Waals surface area contributed by atoms with Crippen molar-refractivity contribution in [3.63, 3.8) is 0 Å². The zero-order valence-electron chi connectivity index (χ0n) is 15.4. The maximum absolute atomic E-state index is 9.53. The van der Waals surface area contributed by atoms with Gasteiger partial charge in [0, 0.05) is 5.92 Å². The number of aliphatic hydroxyl groups excluding tert-OH is 1. The fourth-order valence-corrected chi connectivity index (χ4v) is 2.88. The predicted octanol–water partition coefficient (Wildman–Crippen LogP) is 4.80. The van der Waals surface area contributed by atoms with Crippen molar-refractivity contribution in [2.75, 3.05) is 6.61 Å². The Labute approximate surface area is 153 Å². The number of rotatable bonds is 11. The van der Waals surface area contributed by atoms with Gasteiger partial charge in [-0.2, -0.15) is 5.48 Å². The first kappa shape index (κ1) is 21.4. The molecule has 0 aromatic carbocycles. The average molecular weight is 344 g/mol. The molecule has 0 spiro atoms. The summed E-state index contributed by atoms with van der Waals surface area (Å²) < 4.78 is 0. The molecular weight excluding hydrogens is 310 g/mol. The Balaban J connectivity index is 2.52. The quantitative estimate of drug-likeness (QED) is 0.418. The van der Waals surface area contributed by atoms with E-state index in [1.807, 2.05) is 49.5 Å². The summed E-state index contributed by atoms with van der Waals surface area (Å²) in [7, 11) is 0. The number of hydroxylamine groups is 1. The number of hydrogen-bond acceptors (Lipinski definition) is 3. The smallest absolute Gasteiger partial charge is 0.0858 e. The fourth-order valence-electron chi connectivity index (χ4n) is 2.88. The second-order valence-corrected chi connectivity index (χ2v) is 6.29. The molecule has 0 heterocycles.